The predicted molar refractivity (Wildman–Crippen MR) is 79.4 cm³/mol. The molecule has 0 fully saturated rings. The van der Waals surface area contributed by atoms with Crippen LogP contribution in [0.2, 0.25) is 5.02 Å². The van der Waals surface area contributed by atoms with Crippen molar-refractivity contribution in [3.8, 4) is 5.75 Å². The first-order valence-electron chi connectivity index (χ1n) is 6.24. The minimum Gasteiger partial charge on any atom is -0.491 e. The first-order chi connectivity index (χ1) is 9.54. The number of pyridine rings is 1. The number of hydrogen-bond acceptors (Lipinski definition) is 3. The number of rotatable bonds is 4. The lowest BCUT2D eigenvalue weighted by Crippen LogP contribution is -2.13. The van der Waals surface area contributed by atoms with E-state index in [1.807, 2.05) is 19.9 Å². The Bertz CT molecular complexity index is 597. The highest BCUT2D eigenvalue weighted by atomic mass is 35.5. The molecule has 2 aromatic rings. The number of carbonyl (C=O) groups excluding carboxylic acids is 1. The van der Waals surface area contributed by atoms with Gasteiger partial charge in [-0.25, -0.2) is 4.98 Å². The second-order valence-corrected chi connectivity index (χ2v) is 4.95. The van der Waals surface area contributed by atoms with Gasteiger partial charge in [0.2, 0.25) is 0 Å². The summed E-state index contributed by atoms with van der Waals surface area (Å²) in [5.74, 6) is 0.875. The summed E-state index contributed by atoms with van der Waals surface area (Å²) in [6.45, 7) is 3.87. The van der Waals surface area contributed by atoms with Gasteiger partial charge in [-0.1, -0.05) is 17.7 Å². The number of benzene rings is 1. The summed E-state index contributed by atoms with van der Waals surface area (Å²) in [4.78, 5) is 16.1. The highest BCUT2D eigenvalue weighted by molar-refractivity contribution is 6.30. The molecule has 2 rings (SSSR count). The second kappa shape index (κ2) is 6.39. The van der Waals surface area contributed by atoms with Crippen LogP contribution in [-0.4, -0.2) is 17.0 Å². The lowest BCUT2D eigenvalue weighted by Gasteiger charge is -2.11. The summed E-state index contributed by atoms with van der Waals surface area (Å²) in [6, 6.07) is 10.3. The molecule has 0 aliphatic carbocycles. The first-order valence-corrected chi connectivity index (χ1v) is 6.62. The summed E-state index contributed by atoms with van der Waals surface area (Å²) < 4.78 is 5.56. The molecule has 1 amide bonds. The van der Waals surface area contributed by atoms with Crippen LogP contribution in [0.4, 0.5) is 5.82 Å². The maximum absolute atomic E-state index is 12.1. The van der Waals surface area contributed by atoms with Gasteiger partial charge < -0.3 is 10.1 Å². The van der Waals surface area contributed by atoms with Crippen LogP contribution in [-0.2, 0) is 0 Å². The third kappa shape index (κ3) is 3.96. The molecule has 0 bridgehead atoms. The third-order valence-corrected chi connectivity index (χ3v) is 2.66. The molecule has 104 valence electrons. The molecular weight excluding hydrogens is 276 g/mol. The fourth-order valence-corrected chi connectivity index (χ4v) is 1.73. The molecule has 0 atom stereocenters. The van der Waals surface area contributed by atoms with Gasteiger partial charge in [-0.3, -0.25) is 4.79 Å². The summed E-state index contributed by atoms with van der Waals surface area (Å²) in [7, 11) is 0. The van der Waals surface area contributed by atoms with Crippen molar-refractivity contribution in [2.24, 2.45) is 0 Å². The zero-order chi connectivity index (χ0) is 14.5. The van der Waals surface area contributed by atoms with Crippen molar-refractivity contribution in [2.45, 2.75) is 20.0 Å². The highest BCUT2D eigenvalue weighted by Crippen LogP contribution is 2.16. The Balaban J connectivity index is 2.10. The van der Waals surface area contributed by atoms with Gasteiger partial charge in [-0.2, -0.15) is 0 Å². The standard InChI is InChI=1S/C15H15ClN2O2/c1-10(2)20-13-5-3-4-11(8-13)15(19)18-14-7-6-12(16)9-17-14/h3-10H,1-2H3,(H,17,18,19). The number of ether oxygens (including phenoxy) is 1. The van der Waals surface area contributed by atoms with Crippen LogP contribution in [0, 0.1) is 0 Å². The van der Waals surface area contributed by atoms with E-state index in [0.717, 1.165) is 0 Å². The Morgan fingerprint density at radius 1 is 1.30 bits per heavy atom. The Labute approximate surface area is 122 Å². The van der Waals surface area contributed by atoms with E-state index in [4.69, 9.17) is 16.3 Å². The molecule has 5 heteroatoms. The summed E-state index contributed by atoms with van der Waals surface area (Å²) in [6.07, 6.45) is 1.54. The monoisotopic (exact) mass is 290 g/mol. The Hall–Kier alpha value is -2.07. The molecule has 1 aromatic heterocycles. The van der Waals surface area contributed by atoms with Crippen molar-refractivity contribution in [1.29, 1.82) is 0 Å². The molecule has 1 aromatic carbocycles. The quantitative estimate of drug-likeness (QED) is 0.932. The second-order valence-electron chi connectivity index (χ2n) is 4.51. The van der Waals surface area contributed by atoms with Crippen LogP contribution in [0.15, 0.2) is 42.6 Å². The minimum atomic E-state index is -0.242. The highest BCUT2D eigenvalue weighted by Gasteiger charge is 2.08. The van der Waals surface area contributed by atoms with Crippen LogP contribution in [0.3, 0.4) is 0 Å². The Kier molecular flexibility index (Phi) is 4.58. The number of halogens is 1. The zero-order valence-electron chi connectivity index (χ0n) is 11.3. The lowest BCUT2D eigenvalue weighted by atomic mass is 10.2. The largest absolute Gasteiger partial charge is 0.491 e. The summed E-state index contributed by atoms with van der Waals surface area (Å²) in [5, 5.41) is 3.23. The normalized spacial score (nSPS) is 10.4. The van der Waals surface area contributed by atoms with Gasteiger partial charge in [-0.05, 0) is 44.2 Å². The first kappa shape index (κ1) is 14.3. The number of nitrogens with one attached hydrogen (secondary N) is 1. The van der Waals surface area contributed by atoms with Crippen molar-refractivity contribution in [1.82, 2.24) is 4.98 Å². The van der Waals surface area contributed by atoms with E-state index in [1.54, 1.807) is 30.3 Å². The van der Waals surface area contributed by atoms with E-state index in [2.05, 4.69) is 10.3 Å². The number of amides is 1. The van der Waals surface area contributed by atoms with E-state index in [1.165, 1.54) is 6.20 Å². The van der Waals surface area contributed by atoms with E-state index >= 15 is 0 Å². The van der Waals surface area contributed by atoms with E-state index in [9.17, 15) is 4.79 Å². The molecular formula is C15H15ClN2O2. The smallest absolute Gasteiger partial charge is 0.256 e. The van der Waals surface area contributed by atoms with Crippen molar-refractivity contribution in [3.63, 3.8) is 0 Å². The van der Waals surface area contributed by atoms with Gasteiger partial charge >= 0.3 is 0 Å². The topological polar surface area (TPSA) is 51.2 Å². The average molecular weight is 291 g/mol. The van der Waals surface area contributed by atoms with Crippen LogP contribution in [0.5, 0.6) is 5.75 Å². The number of anilines is 1. The molecule has 0 aliphatic heterocycles. The van der Waals surface area contributed by atoms with E-state index in [0.29, 0.717) is 22.2 Å². The molecule has 0 aliphatic rings. The van der Waals surface area contributed by atoms with Gasteiger partial charge in [0.1, 0.15) is 11.6 Å². The van der Waals surface area contributed by atoms with Crippen molar-refractivity contribution >= 4 is 23.3 Å². The van der Waals surface area contributed by atoms with Gasteiger partial charge in [0.25, 0.3) is 5.91 Å². The third-order valence-electron chi connectivity index (χ3n) is 2.44. The molecule has 0 spiro atoms. The molecule has 20 heavy (non-hydrogen) atoms. The van der Waals surface area contributed by atoms with Gasteiger partial charge in [-0.15, -0.1) is 0 Å². The van der Waals surface area contributed by atoms with Gasteiger partial charge in [0.15, 0.2) is 0 Å². The Morgan fingerprint density at radius 3 is 2.75 bits per heavy atom. The maximum Gasteiger partial charge on any atom is 0.256 e. The van der Waals surface area contributed by atoms with Crippen molar-refractivity contribution in [2.75, 3.05) is 5.32 Å². The number of aromatic nitrogens is 1. The van der Waals surface area contributed by atoms with Crippen LogP contribution in [0.25, 0.3) is 0 Å². The summed E-state index contributed by atoms with van der Waals surface area (Å²) >= 11 is 5.74. The van der Waals surface area contributed by atoms with Crippen molar-refractivity contribution in [3.05, 3.63) is 53.2 Å². The van der Waals surface area contributed by atoms with Gasteiger partial charge in [0.05, 0.1) is 11.1 Å². The minimum absolute atomic E-state index is 0.0613. The fraction of sp³-hybridized carbons (Fsp3) is 0.200. The van der Waals surface area contributed by atoms with Gasteiger partial charge in [0, 0.05) is 11.8 Å². The zero-order valence-corrected chi connectivity index (χ0v) is 12.0. The maximum atomic E-state index is 12.1. The van der Waals surface area contributed by atoms with E-state index < -0.39 is 0 Å². The molecule has 4 nitrogen and oxygen atoms in total. The number of nitrogens with zero attached hydrogens (tertiary/aromatic N) is 1. The molecule has 0 unspecified atom stereocenters. The number of carbonyl (C=O) groups is 1. The lowest BCUT2D eigenvalue weighted by molar-refractivity contribution is 0.102. The summed E-state index contributed by atoms with van der Waals surface area (Å²) in [5.41, 5.74) is 0.514. The molecule has 1 heterocycles. The molecule has 0 radical (unpaired) electrons. The molecule has 1 N–H and O–H groups in total. The fourth-order valence-electron chi connectivity index (χ4n) is 1.62. The number of hydrogen-bond donors (Lipinski definition) is 1. The van der Waals surface area contributed by atoms with Crippen LogP contribution < -0.4 is 10.1 Å². The predicted octanol–water partition coefficient (Wildman–Crippen LogP) is 3.77. The van der Waals surface area contributed by atoms with Crippen LogP contribution >= 0.6 is 11.6 Å². The molecule has 0 saturated carbocycles. The average Bonchev–Trinajstić information content (AvgIpc) is 2.41. The van der Waals surface area contributed by atoms with Crippen molar-refractivity contribution < 1.29 is 9.53 Å². The SMILES string of the molecule is CC(C)Oc1cccc(C(=O)Nc2ccc(Cl)cn2)c1. The Morgan fingerprint density at radius 2 is 2.10 bits per heavy atom. The molecule has 0 saturated heterocycles. The van der Waals surface area contributed by atoms with Crippen LogP contribution in [0.1, 0.15) is 24.2 Å². The van der Waals surface area contributed by atoms with E-state index in [-0.39, 0.29) is 12.0 Å².